The monoisotopic (exact) mass is 533 g/mol. The second-order valence-corrected chi connectivity index (χ2v) is 10.7. The molecule has 170 valence electrons. The van der Waals surface area contributed by atoms with Crippen LogP contribution in [0, 0.1) is 5.92 Å². The molecule has 0 amide bonds. The zero-order valence-corrected chi connectivity index (χ0v) is 18.9. The number of imidazole rings is 1. The van der Waals surface area contributed by atoms with Crippen LogP contribution in [0.2, 0.25) is 0 Å². The van der Waals surface area contributed by atoms with Crippen LogP contribution in [0.1, 0.15) is 0 Å². The van der Waals surface area contributed by atoms with Gasteiger partial charge in [-0.3, -0.25) is 18.9 Å². The molecule has 0 aliphatic heterocycles. The van der Waals surface area contributed by atoms with Crippen LogP contribution in [0.25, 0.3) is 11.2 Å². The van der Waals surface area contributed by atoms with Crippen molar-refractivity contribution in [3.63, 3.8) is 0 Å². The Hall–Kier alpha value is -1.15. The zero-order chi connectivity index (χ0) is 22.5. The molecule has 0 fully saturated rings. The molecule has 2 rings (SSSR count). The lowest BCUT2D eigenvalue weighted by molar-refractivity contribution is 0.0410. The molecule has 17 heteroatoms. The average Bonchev–Trinajstić information content (AvgIpc) is 2.89. The van der Waals surface area contributed by atoms with E-state index in [1.165, 1.54) is 0 Å². The van der Waals surface area contributed by atoms with Crippen LogP contribution in [0.3, 0.4) is 0 Å². The lowest BCUT2D eigenvalue weighted by Gasteiger charge is -2.19. The van der Waals surface area contributed by atoms with E-state index in [9.17, 15) is 13.9 Å². The molecule has 7 N–H and O–H groups in total. The fourth-order valence-corrected chi connectivity index (χ4v) is 3.67. The van der Waals surface area contributed by atoms with Crippen molar-refractivity contribution in [2.45, 2.75) is 6.54 Å². The normalized spacial score (nSPS) is 12.9. The van der Waals surface area contributed by atoms with E-state index >= 15 is 0 Å². The van der Waals surface area contributed by atoms with Crippen LogP contribution in [-0.2, 0) is 25.1 Å². The number of fused-ring (bicyclic) bond motifs is 1. The van der Waals surface area contributed by atoms with Crippen molar-refractivity contribution >= 4 is 48.2 Å². The van der Waals surface area contributed by atoms with E-state index in [2.05, 4.69) is 30.9 Å². The van der Waals surface area contributed by atoms with Crippen LogP contribution in [0.5, 0.6) is 0 Å². The van der Waals surface area contributed by atoms with Crippen LogP contribution in [0.4, 0.5) is 5.95 Å². The third-order valence-corrected chi connectivity index (χ3v) is 5.91. The molecular formula is C13H22BrN5O9P2. The summed E-state index contributed by atoms with van der Waals surface area (Å²) in [6.45, 7) is -0.194. The summed E-state index contributed by atoms with van der Waals surface area (Å²) in [5, 5.41) is 0. The summed E-state index contributed by atoms with van der Waals surface area (Å²) < 4.78 is 34.4. The van der Waals surface area contributed by atoms with Crippen LogP contribution in [-0.4, -0.2) is 77.8 Å². The van der Waals surface area contributed by atoms with Gasteiger partial charge in [0, 0.05) is 12.5 Å². The van der Waals surface area contributed by atoms with Gasteiger partial charge in [0.2, 0.25) is 5.95 Å². The van der Waals surface area contributed by atoms with E-state index in [1.807, 2.05) is 0 Å². The fraction of sp³-hybridized carbons (Fsp3) is 0.615. The van der Waals surface area contributed by atoms with Crippen LogP contribution in [0.15, 0.2) is 9.53 Å². The molecule has 0 radical (unpaired) electrons. The Morgan fingerprint density at radius 1 is 1.07 bits per heavy atom. The minimum absolute atomic E-state index is 0.0146. The van der Waals surface area contributed by atoms with Gasteiger partial charge < -0.3 is 39.3 Å². The molecule has 0 aliphatic carbocycles. The first kappa shape index (κ1) is 25.1. The first-order valence-electron chi connectivity index (χ1n) is 8.52. The smallest absolute Gasteiger partial charge is 0.327 e. The molecule has 0 aliphatic rings. The first-order valence-corrected chi connectivity index (χ1v) is 12.9. The van der Waals surface area contributed by atoms with Gasteiger partial charge in [-0.05, 0) is 15.9 Å². The van der Waals surface area contributed by atoms with Gasteiger partial charge in [0.1, 0.15) is 0 Å². The maximum absolute atomic E-state index is 12.0. The van der Waals surface area contributed by atoms with Crippen molar-refractivity contribution in [1.29, 1.82) is 0 Å². The van der Waals surface area contributed by atoms with Gasteiger partial charge in [-0.15, -0.1) is 0 Å². The van der Waals surface area contributed by atoms with Crippen LogP contribution >= 0.6 is 31.1 Å². The quantitative estimate of drug-likeness (QED) is 0.115. The van der Waals surface area contributed by atoms with E-state index in [0.717, 1.165) is 0 Å². The summed E-state index contributed by atoms with van der Waals surface area (Å²) >= 11 is 3.24. The number of hydrogen-bond donors (Lipinski definition) is 6. The second kappa shape index (κ2) is 10.4. The minimum Gasteiger partial charge on any atom is -0.380 e. The van der Waals surface area contributed by atoms with E-state index in [4.69, 9.17) is 34.8 Å². The summed E-state index contributed by atoms with van der Waals surface area (Å²) in [7, 11) is -8.41. The topological polar surface area (TPSA) is 223 Å². The van der Waals surface area contributed by atoms with Crippen molar-refractivity contribution in [3.8, 4) is 0 Å². The molecular weight excluding hydrogens is 512 g/mol. The van der Waals surface area contributed by atoms with E-state index < -0.39 is 39.0 Å². The third-order valence-electron chi connectivity index (χ3n) is 3.78. The second-order valence-electron chi connectivity index (χ2n) is 6.41. The Kier molecular flexibility index (Phi) is 8.74. The van der Waals surface area contributed by atoms with E-state index in [0.29, 0.717) is 0 Å². The van der Waals surface area contributed by atoms with Gasteiger partial charge in [-0.2, -0.15) is 4.98 Å². The highest BCUT2D eigenvalue weighted by molar-refractivity contribution is 9.10. The molecule has 2 aromatic rings. The lowest BCUT2D eigenvalue weighted by Crippen LogP contribution is -2.24. The Balaban J connectivity index is 2.12. The standard InChI is InChI=1S/C13H22BrN5O9P2/c14-12-16-9-10(17-13(15)18-11(9)20)19(12)5-8(6-27-1-3-29(21,22)23)7-28-2-4-30(24,25)26/h8H,1-7H2,(H2,21,22,23)(H2,24,25,26)(H3,15,17,18,20). The number of aromatic nitrogens is 4. The summed E-state index contributed by atoms with van der Waals surface area (Å²) in [5.41, 5.74) is 5.33. The Bertz CT molecular complexity index is 986. The van der Waals surface area contributed by atoms with Crippen molar-refractivity contribution in [1.82, 2.24) is 19.5 Å². The molecule has 2 heterocycles. The molecule has 0 aromatic carbocycles. The molecule has 0 unspecified atom stereocenters. The van der Waals surface area contributed by atoms with Crippen molar-refractivity contribution in [2.75, 3.05) is 44.5 Å². The summed E-state index contributed by atoms with van der Waals surface area (Å²) in [4.78, 5) is 58.1. The van der Waals surface area contributed by atoms with Gasteiger partial charge in [0.15, 0.2) is 15.9 Å². The zero-order valence-electron chi connectivity index (χ0n) is 15.5. The van der Waals surface area contributed by atoms with Crippen molar-refractivity contribution in [2.24, 2.45) is 5.92 Å². The molecule has 14 nitrogen and oxygen atoms in total. The number of nitrogens with one attached hydrogen (secondary N) is 1. The molecule has 30 heavy (non-hydrogen) atoms. The Morgan fingerprint density at radius 3 is 2.10 bits per heavy atom. The minimum atomic E-state index is -4.21. The number of H-pyrrole nitrogens is 1. The molecule has 0 bridgehead atoms. The number of halogens is 1. The van der Waals surface area contributed by atoms with Crippen molar-refractivity contribution in [3.05, 3.63) is 15.1 Å². The Labute approximate surface area is 178 Å². The predicted octanol–water partition coefficient (Wildman–Crippen LogP) is -0.531. The van der Waals surface area contributed by atoms with Gasteiger partial charge in [-0.1, -0.05) is 0 Å². The van der Waals surface area contributed by atoms with E-state index in [-0.39, 0.29) is 54.8 Å². The number of nitrogens with two attached hydrogens (primary N) is 1. The number of aromatic amines is 1. The van der Waals surface area contributed by atoms with Crippen molar-refractivity contribution < 1.29 is 38.2 Å². The highest BCUT2D eigenvalue weighted by Gasteiger charge is 2.20. The number of nitrogens with zero attached hydrogens (tertiary/aromatic N) is 3. The molecule has 0 saturated carbocycles. The number of ether oxygens (including phenoxy) is 2. The highest BCUT2D eigenvalue weighted by atomic mass is 79.9. The van der Waals surface area contributed by atoms with E-state index in [1.54, 1.807) is 4.57 Å². The number of nitrogen functional groups attached to an aromatic ring is 1. The lowest BCUT2D eigenvalue weighted by atomic mass is 10.2. The van der Waals surface area contributed by atoms with Gasteiger partial charge in [0.05, 0.1) is 38.8 Å². The number of rotatable bonds is 12. The van der Waals surface area contributed by atoms with Gasteiger partial charge in [-0.25, -0.2) is 4.98 Å². The van der Waals surface area contributed by atoms with Gasteiger partial charge in [0.25, 0.3) is 5.56 Å². The van der Waals surface area contributed by atoms with Gasteiger partial charge >= 0.3 is 15.2 Å². The molecule has 0 spiro atoms. The summed E-state index contributed by atoms with van der Waals surface area (Å²) in [6, 6.07) is 0. The highest BCUT2D eigenvalue weighted by Crippen LogP contribution is 2.34. The maximum Gasteiger partial charge on any atom is 0.327 e. The molecule has 2 aromatic heterocycles. The predicted molar refractivity (Wildman–Crippen MR) is 109 cm³/mol. The maximum atomic E-state index is 12.0. The number of anilines is 1. The summed E-state index contributed by atoms with van der Waals surface area (Å²) in [5.74, 6) is -0.525. The third kappa shape index (κ3) is 8.17. The largest absolute Gasteiger partial charge is 0.380 e. The average molecular weight is 534 g/mol. The van der Waals surface area contributed by atoms with Crippen LogP contribution < -0.4 is 11.3 Å². The number of hydrogen-bond acceptors (Lipinski definition) is 8. The first-order chi connectivity index (χ1) is 13.9. The fourth-order valence-electron chi connectivity index (χ4n) is 2.44. The molecule has 0 saturated heterocycles. The Morgan fingerprint density at radius 2 is 1.60 bits per heavy atom. The molecule has 0 atom stereocenters. The summed E-state index contributed by atoms with van der Waals surface area (Å²) in [6.07, 6.45) is -0.909. The SMILES string of the molecule is Nc1nc2c(nc(Br)n2CC(COCCP(=O)(O)O)COCCP(=O)(O)O)c(=O)[nH]1.